The van der Waals surface area contributed by atoms with E-state index in [0.717, 1.165) is 73.2 Å². The molecular weight excluding hydrogens is 1030 g/mol. The summed E-state index contributed by atoms with van der Waals surface area (Å²) >= 11 is 4.29. The number of phenols is 1. The van der Waals surface area contributed by atoms with E-state index in [0.29, 0.717) is 17.7 Å². The molecule has 0 amide bonds. The second-order valence-electron chi connectivity index (χ2n) is 17.6. The predicted octanol–water partition coefficient (Wildman–Crippen LogP) is 15.8. The van der Waals surface area contributed by atoms with Crippen molar-refractivity contribution in [2.75, 3.05) is 39.8 Å². The maximum absolute atomic E-state index is 11.6. The highest BCUT2D eigenvalue weighted by molar-refractivity contribution is 7.80. The van der Waals surface area contributed by atoms with Gasteiger partial charge >= 0.3 is 11.9 Å². The molecule has 0 spiro atoms. The van der Waals surface area contributed by atoms with Crippen molar-refractivity contribution in [1.82, 2.24) is 0 Å². The number of nitrogens with zero attached hydrogens (tertiary/aromatic N) is 5. The first-order valence-corrected chi connectivity index (χ1v) is 26.1. The van der Waals surface area contributed by atoms with E-state index in [4.69, 9.17) is 19.3 Å². The average Bonchev–Trinajstić information content (AvgIpc) is 3.51. The van der Waals surface area contributed by atoms with E-state index in [1.165, 1.54) is 11.1 Å². The van der Waals surface area contributed by atoms with E-state index in [2.05, 4.69) is 61.8 Å². The molecule has 12 nitrogen and oxygen atoms in total. The second kappa shape index (κ2) is 32.6. The molecule has 81 heavy (non-hydrogen) atoms. The molecule has 0 bridgehead atoms. The Balaban J connectivity index is 0.000000175. The number of carboxylic acid groups (broad SMARTS) is 1. The number of benzene rings is 9. The zero-order valence-corrected chi connectivity index (χ0v) is 46.5. The summed E-state index contributed by atoms with van der Waals surface area (Å²) in [6.07, 6.45) is 9.70. The number of para-hydroxylation sites is 2. The van der Waals surface area contributed by atoms with Crippen molar-refractivity contribution < 1.29 is 34.0 Å². The first kappa shape index (κ1) is 60.1. The van der Waals surface area contributed by atoms with Crippen LogP contribution in [0.4, 0.5) is 28.4 Å². The molecule has 9 aromatic carbocycles. The first-order valence-electron chi connectivity index (χ1n) is 25.6. The van der Waals surface area contributed by atoms with Crippen molar-refractivity contribution in [1.29, 1.82) is 0 Å². The third kappa shape index (κ3) is 21.0. The van der Waals surface area contributed by atoms with Crippen LogP contribution in [0.5, 0.6) is 17.2 Å². The van der Waals surface area contributed by atoms with Gasteiger partial charge < -0.3 is 29.3 Å². The molecular formula is C68H63N5O7S. The maximum Gasteiger partial charge on any atom is 0.338 e. The summed E-state index contributed by atoms with van der Waals surface area (Å²) in [7, 11) is 7.31. The third-order valence-corrected chi connectivity index (χ3v) is 11.9. The number of hydrogen-bond donors (Lipinski definition) is 3. The Morgan fingerprint density at radius 3 is 1.43 bits per heavy atom. The maximum atomic E-state index is 11.6. The molecule has 0 aliphatic heterocycles. The van der Waals surface area contributed by atoms with Gasteiger partial charge in [-0.15, -0.1) is 12.6 Å². The number of esters is 1. The van der Waals surface area contributed by atoms with Crippen LogP contribution >= 0.6 is 12.6 Å². The Morgan fingerprint density at radius 2 is 0.951 bits per heavy atom. The Morgan fingerprint density at radius 1 is 0.506 bits per heavy atom. The number of phenolic OH excluding ortho intramolecular Hbond substituents is 1. The van der Waals surface area contributed by atoms with E-state index in [-0.39, 0.29) is 11.7 Å². The van der Waals surface area contributed by atoms with Gasteiger partial charge in [0.05, 0.1) is 49.1 Å². The molecule has 0 aliphatic rings. The number of rotatable bonds is 16. The zero-order valence-electron chi connectivity index (χ0n) is 45.7. The summed E-state index contributed by atoms with van der Waals surface area (Å²) in [5.41, 5.74) is 12.0. The second-order valence-corrected chi connectivity index (χ2v) is 18.0. The van der Waals surface area contributed by atoms with Gasteiger partial charge in [0.1, 0.15) is 17.2 Å². The van der Waals surface area contributed by atoms with Gasteiger partial charge in [-0.2, -0.15) is 0 Å². The van der Waals surface area contributed by atoms with Crippen LogP contribution in [0.2, 0.25) is 0 Å². The standard InChI is InChI=1S/C20H17NO.C18H20N2O2.C17H15NO3.C13H11NOS/c1-22-20-13-7-16(8-14-20)15-21-19-11-9-18(10-12-19)17-5-3-2-4-6-17;1-4-22-18(21)15-7-9-16(10-8-15)19-13-14-5-11-17(12-6-14)20(2)3;1-21-16-9-4-14(5-10-16)12-18-15-7-2-13(3-8-15)6-11-17(19)20;15-12-7-3-1-5-10(12)9-14-11-6-2-4-8-13(11)16/h2-15H,1H3;5-13H,4H2,1-3H3;2-12H,1H3,(H,19,20);1-9,15-16H/b;;11-6+,18-12?;. The normalized spacial score (nSPS) is 10.8. The number of aromatic hydroxyl groups is 1. The molecule has 13 heteroatoms. The van der Waals surface area contributed by atoms with Gasteiger partial charge in [-0.1, -0.05) is 91.0 Å². The number of hydrogen-bond acceptors (Lipinski definition) is 12. The lowest BCUT2D eigenvalue weighted by Gasteiger charge is -2.11. The Bertz CT molecular complexity index is 3460. The van der Waals surface area contributed by atoms with Crippen LogP contribution in [-0.4, -0.2) is 81.9 Å². The van der Waals surface area contributed by atoms with Crippen LogP contribution in [0.1, 0.15) is 45.1 Å². The molecule has 408 valence electrons. The van der Waals surface area contributed by atoms with E-state index in [1.54, 1.807) is 88.3 Å². The van der Waals surface area contributed by atoms with Crippen molar-refractivity contribution in [2.45, 2.75) is 11.8 Å². The molecule has 0 heterocycles. The number of thiol groups is 1. The molecule has 0 aromatic heterocycles. The van der Waals surface area contributed by atoms with Gasteiger partial charge in [-0.3, -0.25) is 20.0 Å². The smallest absolute Gasteiger partial charge is 0.338 e. The fraction of sp³-hybridized carbons (Fsp3) is 0.0882. The highest BCUT2D eigenvalue weighted by Crippen LogP contribution is 2.25. The van der Waals surface area contributed by atoms with Crippen molar-refractivity contribution in [2.24, 2.45) is 20.0 Å². The minimum absolute atomic E-state index is 0.225. The van der Waals surface area contributed by atoms with Gasteiger partial charge in [0.15, 0.2) is 0 Å². The molecule has 0 fully saturated rings. The lowest BCUT2D eigenvalue weighted by atomic mass is 10.1. The van der Waals surface area contributed by atoms with E-state index < -0.39 is 5.97 Å². The number of aliphatic imine (C=N–C) groups is 4. The summed E-state index contributed by atoms with van der Waals surface area (Å²) in [5.74, 6) is 0.614. The quantitative estimate of drug-likeness (QED) is 0.0374. The number of aliphatic carboxylic acids is 1. The van der Waals surface area contributed by atoms with E-state index >= 15 is 0 Å². The Hall–Kier alpha value is -10.1. The summed E-state index contributed by atoms with van der Waals surface area (Å²) in [6, 6.07) is 71.1. The molecule has 0 radical (unpaired) electrons. The van der Waals surface area contributed by atoms with Crippen LogP contribution in [0, 0.1) is 0 Å². The van der Waals surface area contributed by atoms with Gasteiger partial charge in [-0.05, 0) is 180 Å². The minimum Gasteiger partial charge on any atom is -0.507 e. The number of methoxy groups -OCH3 is 2. The summed E-state index contributed by atoms with van der Waals surface area (Å²) in [5, 5.41) is 18.1. The molecule has 9 aromatic rings. The largest absolute Gasteiger partial charge is 0.507 e. The third-order valence-electron chi connectivity index (χ3n) is 11.6. The molecule has 9 rings (SSSR count). The number of anilines is 1. The fourth-order valence-corrected chi connectivity index (χ4v) is 7.32. The first-order chi connectivity index (χ1) is 39.4. The zero-order chi connectivity index (χ0) is 57.6. The topological polar surface area (TPSA) is 155 Å². The van der Waals surface area contributed by atoms with Gasteiger partial charge in [0.25, 0.3) is 0 Å². The van der Waals surface area contributed by atoms with Gasteiger partial charge in [-0.25, -0.2) is 9.59 Å². The van der Waals surface area contributed by atoms with Crippen molar-refractivity contribution in [3.05, 3.63) is 264 Å². The molecule has 0 saturated carbocycles. The van der Waals surface area contributed by atoms with Crippen molar-refractivity contribution >= 4 is 83.9 Å². The Labute approximate surface area is 479 Å². The summed E-state index contributed by atoms with van der Waals surface area (Å²) in [6.45, 7) is 2.17. The summed E-state index contributed by atoms with van der Waals surface area (Å²) in [4.78, 5) is 42.4. The lowest BCUT2D eigenvalue weighted by molar-refractivity contribution is -0.131. The van der Waals surface area contributed by atoms with Crippen LogP contribution in [-0.2, 0) is 9.53 Å². The van der Waals surface area contributed by atoms with Crippen LogP contribution in [0.15, 0.2) is 255 Å². The van der Waals surface area contributed by atoms with Crippen molar-refractivity contribution in [3.8, 4) is 28.4 Å². The average molecular weight is 1090 g/mol. The highest BCUT2D eigenvalue weighted by atomic mass is 32.1. The van der Waals surface area contributed by atoms with Crippen LogP contribution < -0.4 is 14.4 Å². The van der Waals surface area contributed by atoms with E-state index in [1.807, 2.05) is 178 Å². The van der Waals surface area contributed by atoms with Gasteiger partial charge in [0, 0.05) is 61.2 Å². The van der Waals surface area contributed by atoms with Gasteiger partial charge in [0.2, 0.25) is 0 Å². The predicted molar refractivity (Wildman–Crippen MR) is 335 cm³/mol. The minimum atomic E-state index is -0.961. The molecule has 0 aliphatic carbocycles. The Kier molecular flexibility index (Phi) is 24.2. The number of carboxylic acids is 1. The molecule has 0 saturated heterocycles. The molecule has 0 atom stereocenters. The summed E-state index contributed by atoms with van der Waals surface area (Å²) < 4.78 is 15.2. The fourth-order valence-electron chi connectivity index (χ4n) is 7.10. The van der Waals surface area contributed by atoms with Crippen molar-refractivity contribution in [3.63, 3.8) is 0 Å². The molecule has 0 unspecified atom stereocenters. The van der Waals surface area contributed by atoms with Crippen LogP contribution in [0.25, 0.3) is 17.2 Å². The monoisotopic (exact) mass is 1090 g/mol. The number of carbonyl (C=O) groups is 2. The van der Waals surface area contributed by atoms with E-state index in [9.17, 15) is 14.7 Å². The number of ether oxygens (including phenoxy) is 3. The highest BCUT2D eigenvalue weighted by Gasteiger charge is 2.05. The van der Waals surface area contributed by atoms with Crippen LogP contribution in [0.3, 0.4) is 0 Å². The molecule has 2 N–H and O–H groups in total. The lowest BCUT2D eigenvalue weighted by Crippen LogP contribution is -2.08. The SMILES string of the molecule is CCOC(=O)c1ccc(N=Cc2ccc(N(C)C)cc2)cc1.COc1ccc(C=Nc2ccc(-c3ccccc3)cc2)cc1.COc1ccc(C=Nc2ccc(/C=C/C(=O)O)cc2)cc1.Oc1ccccc1C=Nc1ccccc1S. The number of carbonyl (C=O) groups excluding carboxylic acids is 1.